The summed E-state index contributed by atoms with van der Waals surface area (Å²) in [5.74, 6) is -0.499. The second-order valence-corrected chi connectivity index (χ2v) is 7.78. The number of ether oxygens (including phenoxy) is 2. The molecular formula is C24H29N3O5. The van der Waals surface area contributed by atoms with Gasteiger partial charge in [0.15, 0.2) is 0 Å². The summed E-state index contributed by atoms with van der Waals surface area (Å²) in [5, 5.41) is 5.51. The zero-order valence-electron chi connectivity index (χ0n) is 18.4. The SMILES string of the molecule is COCCOC(=O)Nc1cccc(NC(=O)C2CCCN(C(=O)c3ccc(C)cc3)C2)c1. The van der Waals surface area contributed by atoms with E-state index in [4.69, 9.17) is 9.47 Å². The molecule has 1 aliphatic heterocycles. The van der Waals surface area contributed by atoms with Crippen molar-refractivity contribution < 1.29 is 23.9 Å². The van der Waals surface area contributed by atoms with Crippen LogP contribution in [0.1, 0.15) is 28.8 Å². The number of carbonyl (C=O) groups is 3. The third kappa shape index (κ3) is 6.55. The van der Waals surface area contributed by atoms with Gasteiger partial charge in [0.05, 0.1) is 12.5 Å². The fourth-order valence-electron chi connectivity index (χ4n) is 3.54. The minimum Gasteiger partial charge on any atom is -0.447 e. The fraction of sp³-hybridized carbons (Fsp3) is 0.375. The molecule has 8 heteroatoms. The van der Waals surface area contributed by atoms with Gasteiger partial charge in [-0.15, -0.1) is 0 Å². The molecule has 0 bridgehead atoms. The standard InChI is InChI=1S/C24H29N3O5/c1-17-8-10-18(11-9-17)23(29)27-12-4-5-19(16-27)22(28)25-20-6-3-7-21(15-20)26-24(30)32-14-13-31-2/h3,6-11,15,19H,4-5,12-14,16H2,1-2H3,(H,25,28)(H,26,30). The van der Waals surface area contributed by atoms with Crippen LogP contribution in [-0.4, -0.2) is 56.2 Å². The van der Waals surface area contributed by atoms with Gasteiger partial charge >= 0.3 is 6.09 Å². The average Bonchev–Trinajstić information content (AvgIpc) is 2.79. The normalized spacial score (nSPS) is 15.7. The van der Waals surface area contributed by atoms with Crippen molar-refractivity contribution in [3.8, 4) is 0 Å². The van der Waals surface area contributed by atoms with Crippen molar-refractivity contribution in [2.75, 3.05) is 44.0 Å². The molecule has 0 aliphatic carbocycles. The fourth-order valence-corrected chi connectivity index (χ4v) is 3.54. The van der Waals surface area contributed by atoms with Crippen LogP contribution in [0.2, 0.25) is 0 Å². The van der Waals surface area contributed by atoms with Gasteiger partial charge in [-0.3, -0.25) is 14.9 Å². The van der Waals surface area contributed by atoms with Crippen LogP contribution >= 0.6 is 0 Å². The molecule has 0 saturated carbocycles. The Morgan fingerprint density at radius 2 is 1.75 bits per heavy atom. The van der Waals surface area contributed by atoms with Gasteiger partial charge in [-0.1, -0.05) is 23.8 Å². The Balaban J connectivity index is 1.56. The molecule has 1 heterocycles. The van der Waals surface area contributed by atoms with Crippen molar-refractivity contribution in [3.05, 3.63) is 59.7 Å². The van der Waals surface area contributed by atoms with Crippen LogP contribution in [0.3, 0.4) is 0 Å². The van der Waals surface area contributed by atoms with Gasteiger partial charge in [-0.2, -0.15) is 0 Å². The van der Waals surface area contributed by atoms with E-state index in [0.717, 1.165) is 12.0 Å². The molecule has 3 amide bonds. The van der Waals surface area contributed by atoms with Crippen LogP contribution in [0.15, 0.2) is 48.5 Å². The molecule has 32 heavy (non-hydrogen) atoms. The van der Waals surface area contributed by atoms with E-state index in [9.17, 15) is 14.4 Å². The highest BCUT2D eigenvalue weighted by molar-refractivity contribution is 5.96. The van der Waals surface area contributed by atoms with E-state index >= 15 is 0 Å². The molecule has 8 nitrogen and oxygen atoms in total. The van der Waals surface area contributed by atoms with Crippen molar-refractivity contribution in [3.63, 3.8) is 0 Å². The molecule has 2 aromatic rings. The molecule has 0 spiro atoms. The number of nitrogens with zero attached hydrogens (tertiary/aromatic N) is 1. The summed E-state index contributed by atoms with van der Waals surface area (Å²) in [7, 11) is 1.53. The second-order valence-electron chi connectivity index (χ2n) is 7.78. The molecule has 1 aliphatic rings. The number of carbonyl (C=O) groups excluding carboxylic acids is 3. The van der Waals surface area contributed by atoms with E-state index < -0.39 is 6.09 Å². The summed E-state index contributed by atoms with van der Waals surface area (Å²) in [6, 6.07) is 14.3. The minimum atomic E-state index is -0.594. The molecule has 0 aromatic heterocycles. The van der Waals surface area contributed by atoms with Crippen molar-refractivity contribution in [2.45, 2.75) is 19.8 Å². The Bertz CT molecular complexity index is 945. The minimum absolute atomic E-state index is 0.0549. The highest BCUT2D eigenvalue weighted by atomic mass is 16.6. The number of amides is 3. The molecule has 0 radical (unpaired) electrons. The van der Waals surface area contributed by atoms with Gasteiger partial charge in [0.1, 0.15) is 6.61 Å². The molecule has 1 fully saturated rings. The highest BCUT2D eigenvalue weighted by Gasteiger charge is 2.29. The van der Waals surface area contributed by atoms with Crippen molar-refractivity contribution in [2.24, 2.45) is 5.92 Å². The van der Waals surface area contributed by atoms with Gasteiger partial charge < -0.3 is 19.7 Å². The number of benzene rings is 2. The maximum Gasteiger partial charge on any atom is 0.411 e. The number of hydrogen-bond donors (Lipinski definition) is 2. The third-order valence-electron chi connectivity index (χ3n) is 5.28. The molecule has 1 unspecified atom stereocenters. The molecule has 1 saturated heterocycles. The first-order valence-corrected chi connectivity index (χ1v) is 10.7. The van der Waals surface area contributed by atoms with Gasteiger partial charge in [-0.05, 0) is 50.1 Å². The largest absolute Gasteiger partial charge is 0.447 e. The first-order chi connectivity index (χ1) is 15.5. The van der Waals surface area contributed by atoms with Crippen LogP contribution < -0.4 is 10.6 Å². The van der Waals surface area contributed by atoms with Gasteiger partial charge in [0.25, 0.3) is 5.91 Å². The third-order valence-corrected chi connectivity index (χ3v) is 5.28. The smallest absolute Gasteiger partial charge is 0.411 e. The molecule has 1 atom stereocenters. The zero-order valence-corrected chi connectivity index (χ0v) is 18.4. The van der Waals surface area contributed by atoms with Gasteiger partial charge in [0.2, 0.25) is 5.91 Å². The molecule has 2 aromatic carbocycles. The Morgan fingerprint density at radius 1 is 1.03 bits per heavy atom. The van der Waals surface area contributed by atoms with Crippen LogP contribution in [0.4, 0.5) is 16.2 Å². The Kier molecular flexibility index (Phi) is 8.21. The van der Waals surface area contributed by atoms with Crippen molar-refractivity contribution >= 4 is 29.3 Å². The van der Waals surface area contributed by atoms with E-state index in [2.05, 4.69) is 10.6 Å². The van der Waals surface area contributed by atoms with Gasteiger partial charge in [-0.25, -0.2) is 4.79 Å². The van der Waals surface area contributed by atoms with E-state index in [1.54, 1.807) is 29.2 Å². The average molecular weight is 440 g/mol. The highest BCUT2D eigenvalue weighted by Crippen LogP contribution is 2.22. The number of rotatable bonds is 7. The second kappa shape index (κ2) is 11.3. The summed E-state index contributed by atoms with van der Waals surface area (Å²) in [4.78, 5) is 39.2. The van der Waals surface area contributed by atoms with Gasteiger partial charge in [0, 0.05) is 37.1 Å². The lowest BCUT2D eigenvalue weighted by Crippen LogP contribution is -2.43. The number of methoxy groups -OCH3 is 1. The number of piperidine rings is 1. The lowest BCUT2D eigenvalue weighted by atomic mass is 9.96. The Labute approximate surface area is 187 Å². The summed E-state index contributed by atoms with van der Waals surface area (Å²) >= 11 is 0. The van der Waals surface area contributed by atoms with E-state index in [0.29, 0.717) is 43.1 Å². The number of likely N-dealkylation sites (tertiary alicyclic amines) is 1. The summed E-state index contributed by atoms with van der Waals surface area (Å²) in [5.41, 5.74) is 2.79. The Morgan fingerprint density at radius 3 is 2.47 bits per heavy atom. The summed E-state index contributed by atoms with van der Waals surface area (Å²) < 4.78 is 9.82. The molecular weight excluding hydrogens is 410 g/mol. The number of anilines is 2. The van der Waals surface area contributed by atoms with E-state index in [1.807, 2.05) is 31.2 Å². The van der Waals surface area contributed by atoms with Crippen LogP contribution in [-0.2, 0) is 14.3 Å². The number of aryl methyl sites for hydroxylation is 1. The van der Waals surface area contributed by atoms with Crippen LogP contribution in [0.5, 0.6) is 0 Å². The summed E-state index contributed by atoms with van der Waals surface area (Å²) in [6.07, 6.45) is 0.890. The first kappa shape index (κ1) is 23.3. The number of hydrogen-bond acceptors (Lipinski definition) is 5. The lowest BCUT2D eigenvalue weighted by molar-refractivity contribution is -0.121. The molecule has 2 N–H and O–H groups in total. The first-order valence-electron chi connectivity index (χ1n) is 10.7. The monoisotopic (exact) mass is 439 g/mol. The predicted molar refractivity (Wildman–Crippen MR) is 122 cm³/mol. The topological polar surface area (TPSA) is 97.0 Å². The molecule has 170 valence electrons. The van der Waals surface area contributed by atoms with Crippen molar-refractivity contribution in [1.82, 2.24) is 4.90 Å². The maximum atomic E-state index is 12.8. The predicted octanol–water partition coefficient (Wildman–Crippen LogP) is 3.68. The van der Waals surface area contributed by atoms with E-state index in [1.165, 1.54) is 7.11 Å². The maximum absolute atomic E-state index is 12.8. The lowest BCUT2D eigenvalue weighted by Gasteiger charge is -2.32. The van der Waals surface area contributed by atoms with E-state index in [-0.39, 0.29) is 24.3 Å². The zero-order chi connectivity index (χ0) is 22.9. The number of nitrogens with one attached hydrogen (secondary N) is 2. The van der Waals surface area contributed by atoms with Crippen molar-refractivity contribution in [1.29, 1.82) is 0 Å². The Hall–Kier alpha value is -3.39. The quantitative estimate of drug-likeness (QED) is 0.642. The van der Waals surface area contributed by atoms with Crippen LogP contribution in [0, 0.1) is 12.8 Å². The van der Waals surface area contributed by atoms with Crippen LogP contribution in [0.25, 0.3) is 0 Å². The summed E-state index contributed by atoms with van der Waals surface area (Å²) in [6.45, 7) is 3.46. The molecule has 3 rings (SSSR count).